The zero-order valence-electron chi connectivity index (χ0n) is 63.1. The van der Waals surface area contributed by atoms with Crippen LogP contribution in [0.1, 0.15) is 357 Å². The second-order valence-corrected chi connectivity index (χ2v) is 31.8. The average molecular weight is 1440 g/mol. The second kappa shape index (κ2) is 57.9. The summed E-state index contributed by atoms with van der Waals surface area (Å²) in [5.41, 5.74) is 0. The molecule has 0 aromatic carbocycles. The van der Waals surface area contributed by atoms with Crippen LogP contribution >= 0.6 is 7.82 Å². The first kappa shape index (κ1) is 92.7. The lowest BCUT2D eigenvalue weighted by Gasteiger charge is -2.45. The van der Waals surface area contributed by atoms with Gasteiger partial charge in [0.25, 0.3) is 0 Å². The highest BCUT2D eigenvalue weighted by atomic mass is 31.2. The lowest BCUT2D eigenvalue weighted by Crippen LogP contribution is -2.67. The van der Waals surface area contributed by atoms with E-state index < -0.39 is 137 Å². The monoisotopic (exact) mass is 1440 g/mol. The van der Waals surface area contributed by atoms with E-state index in [9.17, 15) is 64.2 Å². The summed E-state index contributed by atoms with van der Waals surface area (Å²) in [7, 11) is -5.44. The zero-order chi connectivity index (χ0) is 73.1. The van der Waals surface area contributed by atoms with Crippen molar-refractivity contribution >= 4 is 31.6 Å². The minimum atomic E-state index is -5.44. The van der Waals surface area contributed by atoms with Gasteiger partial charge in [-0.2, -0.15) is 0 Å². The lowest BCUT2D eigenvalue weighted by atomic mass is 9.95. The number of unbranched alkanes of at least 4 members (excludes halogenated alkanes) is 34. The Morgan fingerprint density at radius 2 is 0.808 bits per heavy atom. The first-order valence-corrected chi connectivity index (χ1v) is 41.6. The number of phosphoric acid groups is 1. The highest BCUT2D eigenvalue weighted by Crippen LogP contribution is 2.41. The van der Waals surface area contributed by atoms with Gasteiger partial charge in [-0.15, -0.1) is 0 Å². The topological polar surface area (TPSA) is 327 Å². The van der Waals surface area contributed by atoms with Crippen LogP contribution in [0.4, 0.5) is 0 Å². The molecule has 2 fully saturated rings. The summed E-state index contributed by atoms with van der Waals surface area (Å²) < 4.78 is 47.4. The molecule has 0 aromatic rings. The van der Waals surface area contributed by atoms with Crippen LogP contribution in [0, 0.1) is 17.8 Å². The van der Waals surface area contributed by atoms with Crippen molar-refractivity contribution in [3.63, 3.8) is 0 Å². The Balaban J connectivity index is 2.31. The van der Waals surface area contributed by atoms with Crippen LogP contribution < -0.4 is 10.6 Å². The van der Waals surface area contributed by atoms with Crippen molar-refractivity contribution in [2.24, 2.45) is 17.8 Å². The number of esters is 2. The summed E-state index contributed by atoms with van der Waals surface area (Å²) in [4.78, 5) is 75.3. The quantitative estimate of drug-likeness (QED) is 0.0154. The van der Waals surface area contributed by atoms with Gasteiger partial charge in [0.1, 0.15) is 48.7 Å². The summed E-state index contributed by atoms with van der Waals surface area (Å²) >= 11 is 0. The van der Waals surface area contributed by atoms with Crippen molar-refractivity contribution in [1.29, 1.82) is 0 Å². The third-order valence-corrected chi connectivity index (χ3v) is 20.1. The van der Waals surface area contributed by atoms with Crippen LogP contribution in [-0.2, 0) is 52.0 Å². The minimum absolute atomic E-state index is 0.176. The fourth-order valence-corrected chi connectivity index (χ4v) is 14.0. The molecule has 2 heterocycles. The summed E-state index contributed by atoms with van der Waals surface area (Å²) in [6.45, 7) is 14.0. The molecular formula is C77H147N2O19P. The molecule has 2 rings (SSSR count). The molecule has 2 saturated heterocycles. The molecule has 3 unspecified atom stereocenters. The van der Waals surface area contributed by atoms with E-state index in [1.807, 2.05) is 0 Å². The van der Waals surface area contributed by atoms with Crippen LogP contribution in [0.5, 0.6) is 0 Å². The molecule has 0 saturated carbocycles. The Labute approximate surface area is 599 Å². The molecule has 0 spiro atoms. The predicted molar refractivity (Wildman–Crippen MR) is 389 cm³/mol. The van der Waals surface area contributed by atoms with Crippen molar-refractivity contribution < 1.29 is 92.4 Å². The van der Waals surface area contributed by atoms with E-state index in [0.717, 1.165) is 109 Å². The third kappa shape index (κ3) is 47.7. The van der Waals surface area contributed by atoms with Crippen LogP contribution in [-0.4, -0.2) is 157 Å². The Kier molecular flexibility index (Phi) is 54.2. The maximum absolute atomic E-state index is 14.5. The Hall–Kier alpha value is -2.37. The Morgan fingerprint density at radius 3 is 1.23 bits per heavy atom. The van der Waals surface area contributed by atoms with E-state index in [0.29, 0.717) is 56.8 Å². The number of aliphatic hydroxyl groups excluding tert-OH is 6. The molecule has 10 N–H and O–H groups in total. The van der Waals surface area contributed by atoms with Gasteiger partial charge in [-0.3, -0.25) is 23.7 Å². The van der Waals surface area contributed by atoms with Gasteiger partial charge in [-0.05, 0) is 49.9 Å². The molecule has 0 bridgehead atoms. The largest absolute Gasteiger partial charge is 0.472 e. The predicted octanol–water partition coefficient (Wildman–Crippen LogP) is 14.9. The summed E-state index contributed by atoms with van der Waals surface area (Å²) in [5.74, 6) is -0.792. The molecule has 0 radical (unpaired) electrons. The number of amides is 2. The van der Waals surface area contributed by atoms with E-state index in [2.05, 4.69) is 59.1 Å². The normalized spacial score (nSPS) is 22.2. The van der Waals surface area contributed by atoms with Gasteiger partial charge < -0.3 is 74.7 Å². The second-order valence-electron chi connectivity index (χ2n) is 30.6. The highest BCUT2D eigenvalue weighted by molar-refractivity contribution is 7.46. The fraction of sp³-hybridized carbons (Fsp3) is 0.948. The SMILES string of the molecule is CCCCCCCCCCCCCCCC(=O)OC(CCCCCCCCCCCC(C)C)CC(=O)N[C@H]1[C@H](OC[C@H]2O[C@H](OP(=O)(O)O)[C@H](NC(=O)CC(O)CCCCCCCCCCCC(C)C)[C@@H](O)[C@@H]2O)O[C@H](CO)[C@@H](O)[C@@H]1OC(=O)CC(O)CCCCCCCCCC(C)C. The van der Waals surface area contributed by atoms with Gasteiger partial charge in [0, 0.05) is 6.42 Å². The highest BCUT2D eigenvalue weighted by Gasteiger charge is 2.52. The minimum Gasteiger partial charge on any atom is -0.462 e. The third-order valence-electron chi connectivity index (χ3n) is 19.6. The number of nitrogens with one attached hydrogen (secondary N) is 2. The molecule has 2 aliphatic heterocycles. The van der Waals surface area contributed by atoms with Crippen LogP contribution in [0.25, 0.3) is 0 Å². The first-order valence-electron chi connectivity index (χ1n) is 40.1. The van der Waals surface area contributed by atoms with Crippen molar-refractivity contribution in [2.45, 2.75) is 436 Å². The number of carbonyl (C=O) groups excluding carboxylic acids is 4. The summed E-state index contributed by atoms with van der Waals surface area (Å²) in [5, 5.41) is 72.5. The molecular weight excluding hydrogens is 1290 g/mol. The van der Waals surface area contributed by atoms with E-state index in [4.69, 9.17) is 28.2 Å². The maximum atomic E-state index is 14.5. The van der Waals surface area contributed by atoms with Crippen LogP contribution in [0.2, 0.25) is 0 Å². The fourth-order valence-electron chi connectivity index (χ4n) is 13.5. The standard InChI is InChI=1S/C77H147N2O19P/c1-8-9-10-11-12-13-14-15-16-23-31-38-45-52-68(85)94-63(51-44-37-30-22-18-20-26-33-40-47-59(4)5)55-67(84)79-71-75(97-69(86)54-62(82)50-43-36-29-24-27-34-41-48-60(6)7)73(88)64(56-80)95-76(71)93-57-65-72(87)74(89)70(77(96-65)98-99(90,91)92)78-66(83)53-61(81)49-42-35-28-21-17-19-25-32-39-46-58(2)3/h58-65,70-77,80-82,87-89H,8-57H2,1-7H3,(H,78,83)(H,79,84)(H2,90,91,92)/t61?,62?,63?,64-,65-,70-,71-,72-,73-,74-,75-,76-,77-/m1/s1. The van der Waals surface area contributed by atoms with E-state index in [-0.39, 0.29) is 12.8 Å². The average Bonchev–Trinajstić information content (AvgIpc) is 0.795. The maximum Gasteiger partial charge on any atom is 0.472 e. The van der Waals surface area contributed by atoms with Gasteiger partial charge in [0.2, 0.25) is 11.8 Å². The molecule has 21 nitrogen and oxygen atoms in total. The summed E-state index contributed by atoms with van der Waals surface area (Å²) in [6.07, 6.45) is 27.2. The number of aliphatic hydroxyl groups is 6. The van der Waals surface area contributed by atoms with E-state index in [1.54, 1.807) is 0 Å². The molecule has 2 amide bonds. The number of ether oxygens (including phenoxy) is 5. The van der Waals surface area contributed by atoms with Crippen molar-refractivity contribution in [2.75, 3.05) is 13.2 Å². The van der Waals surface area contributed by atoms with Gasteiger partial charge in [0.05, 0.1) is 44.7 Å². The lowest BCUT2D eigenvalue weighted by molar-refractivity contribution is -0.297. The van der Waals surface area contributed by atoms with Crippen molar-refractivity contribution in [3.8, 4) is 0 Å². The van der Waals surface area contributed by atoms with Gasteiger partial charge in [-0.25, -0.2) is 4.57 Å². The number of hydrogen-bond donors (Lipinski definition) is 10. The number of carbonyl (C=O) groups is 4. The number of hydrogen-bond acceptors (Lipinski definition) is 17. The molecule has 2 aliphatic rings. The van der Waals surface area contributed by atoms with E-state index >= 15 is 0 Å². The van der Waals surface area contributed by atoms with Crippen LogP contribution in [0.15, 0.2) is 0 Å². The zero-order valence-corrected chi connectivity index (χ0v) is 64.0. The molecule has 99 heavy (non-hydrogen) atoms. The molecule has 584 valence electrons. The van der Waals surface area contributed by atoms with Gasteiger partial charge in [0.15, 0.2) is 18.7 Å². The Morgan fingerprint density at radius 1 is 0.434 bits per heavy atom. The van der Waals surface area contributed by atoms with Crippen LogP contribution in [0.3, 0.4) is 0 Å². The smallest absolute Gasteiger partial charge is 0.462 e. The van der Waals surface area contributed by atoms with Gasteiger partial charge >= 0.3 is 19.8 Å². The number of phosphoric ester groups is 1. The first-order chi connectivity index (χ1) is 47.4. The molecule has 22 heteroatoms. The number of rotatable bonds is 64. The van der Waals surface area contributed by atoms with Gasteiger partial charge in [-0.1, -0.05) is 299 Å². The summed E-state index contributed by atoms with van der Waals surface area (Å²) in [6, 6.07) is -3.36. The van der Waals surface area contributed by atoms with E-state index in [1.165, 1.54) is 135 Å². The molecule has 0 aromatic heterocycles. The van der Waals surface area contributed by atoms with Crippen molar-refractivity contribution in [3.05, 3.63) is 0 Å². The molecule has 0 aliphatic carbocycles. The molecule has 13 atom stereocenters. The Bertz CT molecular complexity index is 2050. The van der Waals surface area contributed by atoms with Crippen molar-refractivity contribution in [1.82, 2.24) is 10.6 Å².